The van der Waals surface area contributed by atoms with Gasteiger partial charge in [0.2, 0.25) is 0 Å². The fraction of sp³-hybridized carbons (Fsp3) is 0.818. The second-order valence-electron chi connectivity index (χ2n) is 3.59. The molecule has 0 heterocycles. The monoisotopic (exact) mass is 280 g/mol. The largest absolute Gasteiger partial charge is 0.465 e. The Bertz CT molecular complexity index is 230. The van der Waals surface area contributed by atoms with Gasteiger partial charge in [0.1, 0.15) is 0 Å². The number of carbonyl (C=O) groups excluding carboxylic acids is 2. The van der Waals surface area contributed by atoms with Crippen LogP contribution in [0.1, 0.15) is 27.7 Å². The first kappa shape index (κ1) is 16.6. The van der Waals surface area contributed by atoms with E-state index in [1.807, 2.05) is 13.8 Å². The minimum Gasteiger partial charge on any atom is -0.465 e. The molecule has 0 rings (SSSR count). The van der Waals surface area contributed by atoms with Gasteiger partial charge in [-0.05, 0) is 27.7 Å². The smallest absolute Gasteiger partial charge is 0.315 e. The molecule has 100 valence electrons. The number of carbonyl (C=O) groups is 2. The van der Waals surface area contributed by atoms with E-state index in [0.29, 0.717) is 24.7 Å². The van der Waals surface area contributed by atoms with Gasteiger partial charge in [0.15, 0.2) is 0 Å². The van der Waals surface area contributed by atoms with Crippen LogP contribution in [-0.2, 0) is 19.1 Å². The van der Waals surface area contributed by atoms with Crippen LogP contribution in [0.15, 0.2) is 0 Å². The maximum Gasteiger partial charge on any atom is 0.315 e. The van der Waals surface area contributed by atoms with Crippen molar-refractivity contribution >= 4 is 35.5 Å². The van der Waals surface area contributed by atoms with Crippen molar-refractivity contribution in [2.45, 2.75) is 31.8 Å². The predicted molar refractivity (Wildman–Crippen MR) is 72.3 cm³/mol. The quantitative estimate of drug-likeness (QED) is 0.502. The number of hydrogen-bond donors (Lipinski definition) is 0. The molecule has 0 aliphatic carbocycles. The summed E-state index contributed by atoms with van der Waals surface area (Å²) in [5.74, 6) is 0.164. The topological polar surface area (TPSA) is 52.6 Å². The Labute approximate surface area is 111 Å². The van der Waals surface area contributed by atoms with E-state index >= 15 is 0 Å². The van der Waals surface area contributed by atoms with Crippen molar-refractivity contribution in [3.8, 4) is 0 Å². The maximum absolute atomic E-state index is 11.2. The Balaban J connectivity index is 3.86. The third-order valence-corrected chi connectivity index (χ3v) is 4.54. The first-order valence-electron chi connectivity index (χ1n) is 5.50. The summed E-state index contributed by atoms with van der Waals surface area (Å²) < 4.78 is 9.47. The summed E-state index contributed by atoms with van der Waals surface area (Å²) in [5.41, 5.74) is 0. The number of thioether (sulfide) groups is 2. The highest BCUT2D eigenvalue weighted by atomic mass is 32.2. The molecule has 0 aromatic heterocycles. The molecule has 0 fully saturated rings. The molecule has 0 aliphatic rings. The lowest BCUT2D eigenvalue weighted by Gasteiger charge is -2.22. The molecule has 0 saturated carbocycles. The predicted octanol–water partition coefficient (Wildman–Crippen LogP) is 2.32. The molecule has 0 bridgehead atoms. The van der Waals surface area contributed by atoms with Gasteiger partial charge in [-0.3, -0.25) is 9.59 Å². The number of esters is 2. The minimum atomic E-state index is -0.220. The van der Waals surface area contributed by atoms with Crippen LogP contribution in [0.25, 0.3) is 0 Å². The van der Waals surface area contributed by atoms with E-state index in [0.717, 1.165) is 0 Å². The van der Waals surface area contributed by atoms with Crippen molar-refractivity contribution < 1.29 is 19.1 Å². The lowest BCUT2D eigenvalue weighted by atomic mass is 10.5. The molecule has 0 atom stereocenters. The standard InChI is InChI=1S/C11H20O4S2/c1-5-14-9(12)7-16-11(3,4)17-8-10(13)15-6-2/h5-8H2,1-4H3. The summed E-state index contributed by atoms with van der Waals surface area (Å²) in [5, 5.41) is 0. The van der Waals surface area contributed by atoms with Crippen molar-refractivity contribution in [1.29, 1.82) is 0 Å². The van der Waals surface area contributed by atoms with Crippen LogP contribution in [0.3, 0.4) is 0 Å². The van der Waals surface area contributed by atoms with Crippen LogP contribution in [0.2, 0.25) is 0 Å². The molecule has 0 amide bonds. The molecule has 0 radical (unpaired) electrons. The molecular formula is C11H20O4S2. The van der Waals surface area contributed by atoms with Crippen LogP contribution < -0.4 is 0 Å². The molecule has 0 aliphatic heterocycles. The van der Waals surface area contributed by atoms with E-state index in [9.17, 15) is 9.59 Å². The van der Waals surface area contributed by atoms with Gasteiger partial charge in [-0.25, -0.2) is 0 Å². The SMILES string of the molecule is CCOC(=O)CSC(C)(C)SCC(=O)OCC. The summed E-state index contributed by atoms with van der Waals surface area (Å²) in [6.45, 7) is 8.31. The molecule has 0 spiro atoms. The Kier molecular flexibility index (Phi) is 8.51. The number of hydrogen-bond acceptors (Lipinski definition) is 6. The zero-order chi connectivity index (χ0) is 13.3. The molecule has 0 unspecified atom stereocenters. The first-order chi connectivity index (χ1) is 7.91. The van der Waals surface area contributed by atoms with Gasteiger partial charge in [-0.2, -0.15) is 0 Å². The summed E-state index contributed by atoms with van der Waals surface area (Å²) in [6.07, 6.45) is 0. The highest BCUT2D eigenvalue weighted by Crippen LogP contribution is 2.36. The van der Waals surface area contributed by atoms with Gasteiger partial charge in [0, 0.05) is 0 Å². The van der Waals surface area contributed by atoms with Gasteiger partial charge >= 0.3 is 11.9 Å². The highest BCUT2D eigenvalue weighted by molar-refractivity contribution is 8.18. The van der Waals surface area contributed by atoms with Crippen LogP contribution >= 0.6 is 23.5 Å². The van der Waals surface area contributed by atoms with Crippen molar-refractivity contribution in [1.82, 2.24) is 0 Å². The van der Waals surface area contributed by atoms with Crippen molar-refractivity contribution in [3.63, 3.8) is 0 Å². The van der Waals surface area contributed by atoms with Gasteiger partial charge < -0.3 is 9.47 Å². The van der Waals surface area contributed by atoms with E-state index in [2.05, 4.69) is 0 Å². The third-order valence-electron chi connectivity index (χ3n) is 1.69. The molecule has 4 nitrogen and oxygen atoms in total. The van der Waals surface area contributed by atoms with Gasteiger partial charge in [0.25, 0.3) is 0 Å². The molecule has 0 saturated heterocycles. The van der Waals surface area contributed by atoms with E-state index < -0.39 is 0 Å². The Morgan fingerprint density at radius 1 is 0.941 bits per heavy atom. The zero-order valence-corrected chi connectivity index (χ0v) is 12.4. The average molecular weight is 280 g/mol. The van der Waals surface area contributed by atoms with Crippen LogP contribution in [0.4, 0.5) is 0 Å². The fourth-order valence-corrected chi connectivity index (χ4v) is 2.70. The van der Waals surface area contributed by atoms with Crippen molar-refractivity contribution in [2.24, 2.45) is 0 Å². The van der Waals surface area contributed by atoms with Gasteiger partial charge in [-0.1, -0.05) is 0 Å². The summed E-state index contributed by atoms with van der Waals surface area (Å²) >= 11 is 2.93. The summed E-state index contributed by atoms with van der Waals surface area (Å²) in [7, 11) is 0. The van der Waals surface area contributed by atoms with Crippen LogP contribution in [0, 0.1) is 0 Å². The lowest BCUT2D eigenvalue weighted by Crippen LogP contribution is -2.18. The molecule has 6 heteroatoms. The molecule has 0 aromatic rings. The van der Waals surface area contributed by atoms with E-state index in [1.54, 1.807) is 13.8 Å². The summed E-state index contributed by atoms with van der Waals surface area (Å²) in [6, 6.07) is 0. The van der Waals surface area contributed by atoms with E-state index in [4.69, 9.17) is 9.47 Å². The van der Waals surface area contributed by atoms with E-state index in [-0.39, 0.29) is 16.0 Å². The van der Waals surface area contributed by atoms with Crippen LogP contribution in [-0.4, -0.2) is 40.7 Å². The second kappa shape index (κ2) is 8.69. The minimum absolute atomic E-state index is 0.209. The van der Waals surface area contributed by atoms with Crippen LogP contribution in [0.5, 0.6) is 0 Å². The highest BCUT2D eigenvalue weighted by Gasteiger charge is 2.22. The number of ether oxygens (including phenoxy) is 2. The molecule has 0 aromatic carbocycles. The Hall–Kier alpha value is -0.360. The summed E-state index contributed by atoms with van der Waals surface area (Å²) in [4.78, 5) is 22.4. The zero-order valence-electron chi connectivity index (χ0n) is 10.8. The average Bonchev–Trinajstić information content (AvgIpc) is 2.25. The molecular weight excluding hydrogens is 260 g/mol. The van der Waals surface area contributed by atoms with Crippen molar-refractivity contribution in [3.05, 3.63) is 0 Å². The first-order valence-corrected chi connectivity index (χ1v) is 7.47. The van der Waals surface area contributed by atoms with Crippen molar-refractivity contribution in [2.75, 3.05) is 24.7 Å². The fourth-order valence-electron chi connectivity index (χ4n) is 0.912. The Morgan fingerprint density at radius 3 is 1.59 bits per heavy atom. The molecule has 0 N–H and O–H groups in total. The maximum atomic E-state index is 11.2. The lowest BCUT2D eigenvalue weighted by molar-refractivity contribution is -0.140. The second-order valence-corrected chi connectivity index (χ2v) is 7.04. The Morgan fingerprint density at radius 2 is 1.29 bits per heavy atom. The van der Waals surface area contributed by atoms with Gasteiger partial charge in [-0.15, -0.1) is 23.5 Å². The molecule has 17 heavy (non-hydrogen) atoms. The van der Waals surface area contributed by atoms with Gasteiger partial charge in [0.05, 0.1) is 28.8 Å². The number of rotatable bonds is 8. The third kappa shape index (κ3) is 9.35. The van der Waals surface area contributed by atoms with E-state index in [1.165, 1.54) is 23.5 Å². The normalized spacial score (nSPS) is 11.1.